The van der Waals surface area contributed by atoms with E-state index in [9.17, 15) is 14.0 Å². The number of nitrogens with zero attached hydrogens (tertiary/aromatic N) is 2. The predicted octanol–water partition coefficient (Wildman–Crippen LogP) is 1.67. The summed E-state index contributed by atoms with van der Waals surface area (Å²) in [4.78, 5) is 26.8. The predicted molar refractivity (Wildman–Crippen MR) is 68.5 cm³/mol. The summed E-state index contributed by atoms with van der Waals surface area (Å²) in [5.41, 5.74) is 0.0237. The lowest BCUT2D eigenvalue weighted by atomic mass is 10.3. The maximum absolute atomic E-state index is 12.9. The van der Waals surface area contributed by atoms with Gasteiger partial charge in [0, 0.05) is 18.0 Å². The first-order valence-electron chi connectivity index (χ1n) is 5.31. The summed E-state index contributed by atoms with van der Waals surface area (Å²) in [5, 5.41) is 2.42. The summed E-state index contributed by atoms with van der Waals surface area (Å²) in [6.07, 6.45) is 2.61. The Bertz CT molecular complexity index is 672. The van der Waals surface area contributed by atoms with Gasteiger partial charge in [-0.05, 0) is 18.2 Å². The molecule has 1 aromatic carbocycles. The minimum absolute atomic E-state index is 0.0867. The van der Waals surface area contributed by atoms with Gasteiger partial charge in [-0.2, -0.15) is 0 Å². The third-order valence-electron chi connectivity index (χ3n) is 2.31. The Hall–Kier alpha value is -2.21. The summed E-state index contributed by atoms with van der Waals surface area (Å²) in [6, 6.07) is 5.07. The van der Waals surface area contributed by atoms with Crippen molar-refractivity contribution in [3.8, 4) is 0 Å². The molecule has 98 valence electrons. The maximum atomic E-state index is 12.9. The van der Waals surface area contributed by atoms with E-state index in [1.807, 2.05) is 0 Å². The molecule has 0 fully saturated rings. The molecule has 1 amide bonds. The number of benzene rings is 1. The van der Waals surface area contributed by atoms with Crippen LogP contribution in [-0.2, 0) is 11.3 Å². The maximum Gasteiger partial charge on any atom is 0.253 e. The van der Waals surface area contributed by atoms with Gasteiger partial charge in [0.2, 0.25) is 5.91 Å². The molecule has 0 saturated heterocycles. The van der Waals surface area contributed by atoms with Crippen molar-refractivity contribution in [2.45, 2.75) is 6.54 Å². The molecule has 0 bridgehead atoms. The quantitative estimate of drug-likeness (QED) is 0.931. The molecule has 0 aliphatic heterocycles. The number of aromatic nitrogens is 2. The van der Waals surface area contributed by atoms with Crippen molar-refractivity contribution in [2.75, 3.05) is 5.32 Å². The highest BCUT2D eigenvalue weighted by molar-refractivity contribution is 6.31. The van der Waals surface area contributed by atoms with Crippen LogP contribution in [0.3, 0.4) is 0 Å². The Kier molecular flexibility index (Phi) is 3.91. The second-order valence-electron chi connectivity index (χ2n) is 3.72. The molecule has 5 nitrogen and oxygen atoms in total. The molecule has 0 radical (unpaired) electrons. The van der Waals surface area contributed by atoms with Crippen molar-refractivity contribution in [1.82, 2.24) is 9.55 Å². The number of carbonyl (C=O) groups is 1. The van der Waals surface area contributed by atoms with E-state index in [1.165, 1.54) is 30.7 Å². The first kappa shape index (κ1) is 13.2. The summed E-state index contributed by atoms with van der Waals surface area (Å²) in [7, 11) is 0. The molecule has 0 spiro atoms. The van der Waals surface area contributed by atoms with E-state index < -0.39 is 11.7 Å². The number of anilines is 1. The number of hydrogen-bond acceptors (Lipinski definition) is 3. The number of halogens is 2. The summed E-state index contributed by atoms with van der Waals surface area (Å²) < 4.78 is 14.1. The molecule has 1 aromatic heterocycles. The van der Waals surface area contributed by atoms with E-state index >= 15 is 0 Å². The minimum atomic E-state index is -0.567. The molecule has 19 heavy (non-hydrogen) atoms. The van der Waals surface area contributed by atoms with Crippen molar-refractivity contribution < 1.29 is 9.18 Å². The zero-order chi connectivity index (χ0) is 13.8. The molecule has 0 unspecified atom stereocenters. The lowest BCUT2D eigenvalue weighted by Gasteiger charge is -2.07. The molecule has 1 N–H and O–H groups in total. The van der Waals surface area contributed by atoms with Crippen LogP contribution >= 0.6 is 11.6 Å². The van der Waals surface area contributed by atoms with Gasteiger partial charge in [0.15, 0.2) is 0 Å². The molecule has 2 rings (SSSR count). The van der Waals surface area contributed by atoms with Gasteiger partial charge in [-0.15, -0.1) is 0 Å². The third kappa shape index (κ3) is 3.38. The zero-order valence-electron chi connectivity index (χ0n) is 9.64. The summed E-state index contributed by atoms with van der Waals surface area (Å²) in [5.74, 6) is -0.999. The number of carbonyl (C=O) groups excluding carboxylic acids is 1. The van der Waals surface area contributed by atoms with Crippen LogP contribution in [0.15, 0.2) is 41.6 Å². The molecule has 0 atom stereocenters. The van der Waals surface area contributed by atoms with E-state index in [0.717, 1.165) is 10.6 Å². The van der Waals surface area contributed by atoms with E-state index in [-0.39, 0.29) is 17.1 Å². The normalized spacial score (nSPS) is 10.2. The van der Waals surface area contributed by atoms with Gasteiger partial charge in [0.25, 0.3) is 5.56 Å². The molecular weight excluding hydrogens is 273 g/mol. The van der Waals surface area contributed by atoms with Crippen LogP contribution in [0.5, 0.6) is 0 Å². The topological polar surface area (TPSA) is 64.0 Å². The fourth-order valence-electron chi connectivity index (χ4n) is 1.43. The average Bonchev–Trinajstić information content (AvgIpc) is 2.37. The van der Waals surface area contributed by atoms with Crippen LogP contribution in [-0.4, -0.2) is 15.5 Å². The van der Waals surface area contributed by atoms with E-state index in [1.54, 1.807) is 0 Å². The number of rotatable bonds is 3. The number of hydrogen-bond donors (Lipinski definition) is 1. The van der Waals surface area contributed by atoms with Crippen LogP contribution in [0.2, 0.25) is 5.02 Å². The third-order valence-corrected chi connectivity index (χ3v) is 2.60. The zero-order valence-corrected chi connectivity index (χ0v) is 10.4. The Labute approximate surface area is 112 Å². The van der Waals surface area contributed by atoms with E-state index in [2.05, 4.69) is 10.3 Å². The Morgan fingerprint density at radius 3 is 2.89 bits per heavy atom. The number of amides is 1. The van der Waals surface area contributed by atoms with Crippen molar-refractivity contribution >= 4 is 23.2 Å². The van der Waals surface area contributed by atoms with Gasteiger partial charge in [0.1, 0.15) is 12.4 Å². The molecule has 2 aromatic rings. The average molecular weight is 282 g/mol. The van der Waals surface area contributed by atoms with Crippen molar-refractivity contribution in [3.05, 3.63) is 58.0 Å². The smallest absolute Gasteiger partial charge is 0.253 e. The van der Waals surface area contributed by atoms with Crippen molar-refractivity contribution in [1.29, 1.82) is 0 Å². The first-order chi connectivity index (χ1) is 9.06. The van der Waals surface area contributed by atoms with Gasteiger partial charge < -0.3 is 5.32 Å². The molecule has 0 saturated carbocycles. The van der Waals surface area contributed by atoms with E-state index in [0.29, 0.717) is 5.69 Å². The Morgan fingerprint density at radius 1 is 1.42 bits per heavy atom. The van der Waals surface area contributed by atoms with Gasteiger partial charge in [0.05, 0.1) is 11.3 Å². The van der Waals surface area contributed by atoms with Gasteiger partial charge in [-0.3, -0.25) is 14.2 Å². The van der Waals surface area contributed by atoms with Crippen LogP contribution in [0.25, 0.3) is 0 Å². The SMILES string of the molecule is O=C(Cn1cnccc1=O)Nc1ccc(F)c(Cl)c1. The highest BCUT2D eigenvalue weighted by atomic mass is 35.5. The highest BCUT2D eigenvalue weighted by Gasteiger charge is 2.06. The molecule has 1 heterocycles. The van der Waals surface area contributed by atoms with Gasteiger partial charge in [-0.25, -0.2) is 9.37 Å². The molecule has 0 aliphatic carbocycles. The van der Waals surface area contributed by atoms with Gasteiger partial charge >= 0.3 is 0 Å². The van der Waals surface area contributed by atoms with Crippen LogP contribution in [0, 0.1) is 5.82 Å². The minimum Gasteiger partial charge on any atom is -0.324 e. The largest absolute Gasteiger partial charge is 0.324 e. The number of nitrogens with one attached hydrogen (secondary N) is 1. The van der Waals surface area contributed by atoms with Crippen LogP contribution < -0.4 is 10.9 Å². The van der Waals surface area contributed by atoms with Crippen molar-refractivity contribution in [3.63, 3.8) is 0 Å². The lowest BCUT2D eigenvalue weighted by molar-refractivity contribution is -0.116. The highest BCUT2D eigenvalue weighted by Crippen LogP contribution is 2.19. The standard InChI is InChI=1S/C12H9ClFN3O2/c13-9-5-8(1-2-10(9)14)16-11(18)6-17-7-15-4-3-12(17)19/h1-5,7H,6H2,(H,16,18). The Balaban J connectivity index is 2.08. The fraction of sp³-hybridized carbons (Fsp3) is 0.0833. The lowest BCUT2D eigenvalue weighted by Crippen LogP contribution is -2.27. The fourth-order valence-corrected chi connectivity index (χ4v) is 1.61. The van der Waals surface area contributed by atoms with Crippen LogP contribution in [0.1, 0.15) is 0 Å². The molecule has 0 aliphatic rings. The second-order valence-corrected chi connectivity index (χ2v) is 4.13. The van der Waals surface area contributed by atoms with E-state index in [4.69, 9.17) is 11.6 Å². The summed E-state index contributed by atoms with van der Waals surface area (Å²) in [6.45, 7) is -0.179. The van der Waals surface area contributed by atoms with Crippen LogP contribution in [0.4, 0.5) is 10.1 Å². The monoisotopic (exact) mass is 281 g/mol. The molecule has 7 heteroatoms. The Morgan fingerprint density at radius 2 is 2.21 bits per heavy atom. The first-order valence-corrected chi connectivity index (χ1v) is 5.69. The van der Waals surface area contributed by atoms with Crippen molar-refractivity contribution in [2.24, 2.45) is 0 Å². The van der Waals surface area contributed by atoms with Gasteiger partial charge in [-0.1, -0.05) is 11.6 Å². The summed E-state index contributed by atoms with van der Waals surface area (Å²) >= 11 is 5.59. The molecular formula is C12H9ClFN3O2. The second kappa shape index (κ2) is 5.62.